The Morgan fingerprint density at radius 2 is 2.00 bits per heavy atom. The van der Waals surface area contributed by atoms with E-state index >= 15 is 0 Å². The summed E-state index contributed by atoms with van der Waals surface area (Å²) in [5.74, 6) is 0. The summed E-state index contributed by atoms with van der Waals surface area (Å²) in [4.78, 5) is 0.509. The van der Waals surface area contributed by atoms with E-state index in [1.165, 1.54) is 18.2 Å². The molecule has 1 rings (SSSR count). The summed E-state index contributed by atoms with van der Waals surface area (Å²) in [7, 11) is -3.66. The van der Waals surface area contributed by atoms with E-state index in [1.807, 2.05) is 0 Å². The van der Waals surface area contributed by atoms with Crippen LogP contribution in [0.15, 0.2) is 28.0 Å². The molecule has 0 aliphatic carbocycles. The third kappa shape index (κ3) is 2.13. The fraction of sp³-hybridized carbons (Fsp3) is 0. The SMILES string of the molecule is NS(=O)(=O)c1ccc(S)c(Cl)c1. The molecule has 0 unspecified atom stereocenters. The molecule has 1 aromatic rings. The minimum absolute atomic E-state index is 0.00898. The molecule has 0 amide bonds. The lowest BCUT2D eigenvalue weighted by Crippen LogP contribution is -2.11. The first-order valence-corrected chi connectivity index (χ1v) is 5.30. The molecule has 0 aromatic heterocycles. The van der Waals surface area contributed by atoms with Crippen LogP contribution >= 0.6 is 24.2 Å². The number of primary sulfonamides is 1. The second-order valence-corrected chi connectivity index (χ2v) is 4.61. The van der Waals surface area contributed by atoms with E-state index in [2.05, 4.69) is 12.6 Å². The Kier molecular flexibility index (Phi) is 2.67. The quantitative estimate of drug-likeness (QED) is 0.705. The second kappa shape index (κ2) is 3.26. The lowest BCUT2D eigenvalue weighted by molar-refractivity contribution is 0.597. The van der Waals surface area contributed by atoms with Gasteiger partial charge in [0.2, 0.25) is 10.0 Å². The van der Waals surface area contributed by atoms with Gasteiger partial charge in [0.05, 0.1) is 9.92 Å². The minimum atomic E-state index is -3.66. The van der Waals surface area contributed by atoms with Gasteiger partial charge in [0, 0.05) is 4.90 Å². The molecule has 3 nitrogen and oxygen atoms in total. The van der Waals surface area contributed by atoms with Gasteiger partial charge in [0.25, 0.3) is 0 Å². The molecule has 0 fully saturated rings. The highest BCUT2D eigenvalue weighted by molar-refractivity contribution is 7.89. The van der Waals surface area contributed by atoms with Crippen molar-refractivity contribution in [1.29, 1.82) is 0 Å². The van der Waals surface area contributed by atoms with E-state index in [1.54, 1.807) is 0 Å². The van der Waals surface area contributed by atoms with Crippen molar-refractivity contribution in [2.24, 2.45) is 5.14 Å². The van der Waals surface area contributed by atoms with Crippen LogP contribution in [-0.2, 0) is 10.0 Å². The van der Waals surface area contributed by atoms with Gasteiger partial charge in [-0.2, -0.15) is 0 Å². The summed E-state index contributed by atoms with van der Waals surface area (Å²) >= 11 is 9.60. The van der Waals surface area contributed by atoms with Crippen molar-refractivity contribution in [2.75, 3.05) is 0 Å². The highest BCUT2D eigenvalue weighted by Gasteiger charge is 2.08. The maximum absolute atomic E-state index is 10.8. The molecule has 0 radical (unpaired) electrons. The van der Waals surface area contributed by atoms with Gasteiger partial charge in [-0.15, -0.1) is 12.6 Å². The summed E-state index contributed by atoms with van der Waals surface area (Å²) in [6, 6.07) is 4.09. The Hall–Kier alpha value is -0.230. The number of benzene rings is 1. The lowest BCUT2D eigenvalue weighted by Gasteiger charge is -1.99. The number of hydrogen-bond donors (Lipinski definition) is 2. The number of hydrogen-bond acceptors (Lipinski definition) is 3. The molecule has 0 bridgehead atoms. The first-order chi connectivity index (χ1) is 5.41. The van der Waals surface area contributed by atoms with Gasteiger partial charge in [-0.3, -0.25) is 0 Å². The molecule has 12 heavy (non-hydrogen) atoms. The Labute approximate surface area is 81.0 Å². The van der Waals surface area contributed by atoms with Gasteiger partial charge < -0.3 is 0 Å². The van der Waals surface area contributed by atoms with Crippen LogP contribution in [0.1, 0.15) is 0 Å². The maximum Gasteiger partial charge on any atom is 0.238 e. The highest BCUT2D eigenvalue weighted by Crippen LogP contribution is 2.22. The van der Waals surface area contributed by atoms with Crippen LogP contribution in [0.4, 0.5) is 0 Å². The molecule has 0 atom stereocenters. The van der Waals surface area contributed by atoms with Crippen molar-refractivity contribution in [3.8, 4) is 0 Å². The monoisotopic (exact) mass is 223 g/mol. The van der Waals surface area contributed by atoms with Gasteiger partial charge in [0.15, 0.2) is 0 Å². The zero-order valence-electron chi connectivity index (χ0n) is 5.86. The molecule has 0 saturated carbocycles. The topological polar surface area (TPSA) is 60.2 Å². The van der Waals surface area contributed by atoms with Crippen LogP contribution in [0.5, 0.6) is 0 Å². The molecule has 0 heterocycles. The van der Waals surface area contributed by atoms with Crippen molar-refractivity contribution >= 4 is 34.3 Å². The Bertz CT molecular complexity index is 402. The van der Waals surface area contributed by atoms with Crippen molar-refractivity contribution in [2.45, 2.75) is 9.79 Å². The molecular formula is C6H6ClNO2S2. The molecular weight excluding hydrogens is 218 g/mol. The third-order valence-corrected chi connectivity index (χ3v) is 2.99. The highest BCUT2D eigenvalue weighted by atomic mass is 35.5. The fourth-order valence-electron chi connectivity index (χ4n) is 0.665. The molecule has 0 aliphatic rings. The van der Waals surface area contributed by atoms with Crippen molar-refractivity contribution in [3.05, 3.63) is 23.2 Å². The van der Waals surface area contributed by atoms with Crippen molar-refractivity contribution in [1.82, 2.24) is 0 Å². The smallest absolute Gasteiger partial charge is 0.225 e. The van der Waals surface area contributed by atoms with E-state index in [0.717, 1.165) is 0 Å². The third-order valence-electron chi connectivity index (χ3n) is 1.25. The average molecular weight is 224 g/mol. The molecule has 0 aliphatic heterocycles. The van der Waals surface area contributed by atoms with Crippen LogP contribution in [-0.4, -0.2) is 8.42 Å². The van der Waals surface area contributed by atoms with Crippen molar-refractivity contribution < 1.29 is 8.42 Å². The number of thiol groups is 1. The summed E-state index contributed by atoms with van der Waals surface area (Å²) in [6.07, 6.45) is 0. The maximum atomic E-state index is 10.8. The molecule has 1 aromatic carbocycles. The summed E-state index contributed by atoms with van der Waals surface area (Å²) in [6.45, 7) is 0. The van der Waals surface area contributed by atoms with E-state index in [0.29, 0.717) is 4.90 Å². The van der Waals surface area contributed by atoms with Gasteiger partial charge in [-0.25, -0.2) is 13.6 Å². The summed E-state index contributed by atoms with van der Waals surface area (Å²) in [5, 5.41) is 5.13. The normalized spacial score (nSPS) is 11.6. The van der Waals surface area contributed by atoms with E-state index < -0.39 is 10.0 Å². The van der Waals surface area contributed by atoms with Crippen LogP contribution in [0.2, 0.25) is 5.02 Å². The first-order valence-electron chi connectivity index (χ1n) is 2.92. The lowest BCUT2D eigenvalue weighted by atomic mass is 10.4. The van der Waals surface area contributed by atoms with Crippen LogP contribution < -0.4 is 5.14 Å². The van der Waals surface area contributed by atoms with Crippen molar-refractivity contribution in [3.63, 3.8) is 0 Å². The number of halogens is 1. The number of sulfonamides is 1. The molecule has 66 valence electrons. The van der Waals surface area contributed by atoms with Gasteiger partial charge in [0.1, 0.15) is 0 Å². The zero-order chi connectivity index (χ0) is 9.35. The Morgan fingerprint density at radius 3 is 2.42 bits per heavy atom. The van der Waals surface area contributed by atoms with Gasteiger partial charge >= 0.3 is 0 Å². The predicted molar refractivity (Wildman–Crippen MR) is 50.1 cm³/mol. The zero-order valence-corrected chi connectivity index (χ0v) is 8.33. The Balaban J connectivity index is 3.33. The van der Waals surface area contributed by atoms with Gasteiger partial charge in [-0.05, 0) is 18.2 Å². The number of rotatable bonds is 1. The standard InChI is InChI=1S/C6H6ClNO2S2/c7-5-3-4(12(8,9)10)1-2-6(5)11/h1-3,11H,(H2,8,9,10). The molecule has 0 saturated heterocycles. The predicted octanol–water partition coefficient (Wildman–Crippen LogP) is 1.28. The largest absolute Gasteiger partial charge is 0.238 e. The molecule has 6 heteroatoms. The van der Waals surface area contributed by atoms with E-state index in [-0.39, 0.29) is 9.92 Å². The summed E-state index contributed by atoms with van der Waals surface area (Å²) in [5.41, 5.74) is 0. The molecule has 0 spiro atoms. The Morgan fingerprint density at radius 1 is 1.42 bits per heavy atom. The molecule has 2 N–H and O–H groups in total. The van der Waals surface area contributed by atoms with Crippen LogP contribution in [0.25, 0.3) is 0 Å². The second-order valence-electron chi connectivity index (χ2n) is 2.16. The average Bonchev–Trinajstić information content (AvgIpc) is 1.92. The van der Waals surface area contributed by atoms with E-state index in [4.69, 9.17) is 16.7 Å². The first kappa shape index (κ1) is 9.85. The van der Waals surface area contributed by atoms with E-state index in [9.17, 15) is 8.42 Å². The minimum Gasteiger partial charge on any atom is -0.225 e. The summed E-state index contributed by atoms with van der Waals surface area (Å²) < 4.78 is 21.6. The van der Waals surface area contributed by atoms with Crippen LogP contribution in [0, 0.1) is 0 Å². The fourth-order valence-corrected chi connectivity index (χ4v) is 1.59. The van der Waals surface area contributed by atoms with Crippen LogP contribution in [0.3, 0.4) is 0 Å². The number of nitrogens with two attached hydrogens (primary N) is 1. The van der Waals surface area contributed by atoms with Gasteiger partial charge in [-0.1, -0.05) is 11.6 Å².